The number of thioether (sulfide) groups is 1. The summed E-state index contributed by atoms with van der Waals surface area (Å²) in [4.78, 5) is 38.3. The van der Waals surface area contributed by atoms with Gasteiger partial charge in [0.05, 0.1) is 0 Å². The Labute approximate surface area is 171 Å². The lowest BCUT2D eigenvalue weighted by atomic mass is 9.98. The van der Waals surface area contributed by atoms with Crippen LogP contribution in [0.25, 0.3) is 10.4 Å². The first-order valence-electron chi connectivity index (χ1n) is 8.71. The van der Waals surface area contributed by atoms with Crippen LogP contribution in [0.15, 0.2) is 40.3 Å². The molecule has 0 N–H and O–H groups in total. The third-order valence-corrected chi connectivity index (χ3v) is 5.02. The van der Waals surface area contributed by atoms with Gasteiger partial charge in [-0.1, -0.05) is 35.1 Å². The van der Waals surface area contributed by atoms with Gasteiger partial charge in [-0.25, -0.2) is 0 Å². The SMILES string of the molecule is CC(=O)OCC1OC(Sc2ccccc2)C(N=[N+]=[N-])C(OC(C)=O)[C@@H]1OC(C)=O. The number of rotatable bonds is 7. The molecule has 1 heterocycles. The summed E-state index contributed by atoms with van der Waals surface area (Å²) in [5.41, 5.74) is 8.25. The lowest BCUT2D eigenvalue weighted by Crippen LogP contribution is -2.59. The molecule has 0 amide bonds. The number of nitrogens with zero attached hydrogens (tertiary/aromatic N) is 3. The first-order valence-corrected chi connectivity index (χ1v) is 9.59. The van der Waals surface area contributed by atoms with E-state index in [0.717, 1.165) is 4.90 Å². The van der Waals surface area contributed by atoms with Crippen molar-refractivity contribution in [2.24, 2.45) is 5.11 Å². The molecule has 29 heavy (non-hydrogen) atoms. The van der Waals surface area contributed by atoms with Crippen molar-refractivity contribution in [1.29, 1.82) is 0 Å². The second kappa shape index (κ2) is 10.7. The van der Waals surface area contributed by atoms with Crippen molar-refractivity contribution < 1.29 is 33.3 Å². The number of carbonyl (C=O) groups is 3. The molecule has 1 fully saturated rings. The number of carbonyl (C=O) groups excluding carboxylic acids is 3. The minimum absolute atomic E-state index is 0.236. The molecule has 0 aromatic heterocycles. The first kappa shape index (κ1) is 22.5. The van der Waals surface area contributed by atoms with Gasteiger partial charge in [-0.3, -0.25) is 14.4 Å². The van der Waals surface area contributed by atoms with Crippen LogP contribution >= 0.6 is 11.8 Å². The lowest BCUT2D eigenvalue weighted by molar-refractivity contribution is -0.208. The molecule has 1 aromatic rings. The fourth-order valence-corrected chi connectivity index (χ4v) is 3.93. The van der Waals surface area contributed by atoms with Crippen molar-refractivity contribution in [2.45, 2.75) is 55.5 Å². The molecule has 0 radical (unpaired) electrons. The van der Waals surface area contributed by atoms with Crippen molar-refractivity contribution in [3.8, 4) is 0 Å². The van der Waals surface area contributed by atoms with E-state index < -0.39 is 47.7 Å². The molecular formula is C18H21N3O7S. The number of esters is 3. The number of ether oxygens (including phenoxy) is 4. The van der Waals surface area contributed by atoms with Gasteiger partial charge in [0, 0.05) is 30.6 Å². The van der Waals surface area contributed by atoms with Crippen LogP contribution in [0.4, 0.5) is 0 Å². The normalized spacial score (nSPS) is 26.0. The zero-order chi connectivity index (χ0) is 21.4. The van der Waals surface area contributed by atoms with Gasteiger partial charge >= 0.3 is 17.9 Å². The summed E-state index contributed by atoms with van der Waals surface area (Å²) in [6.45, 7) is 3.36. The molecule has 5 atom stereocenters. The number of benzene rings is 1. The summed E-state index contributed by atoms with van der Waals surface area (Å²) in [7, 11) is 0. The molecule has 0 saturated carbocycles. The van der Waals surface area contributed by atoms with Gasteiger partial charge in [-0.2, -0.15) is 0 Å². The summed E-state index contributed by atoms with van der Waals surface area (Å²) < 4.78 is 21.7. The standard InChI is InChI=1S/C18H21N3O7S/c1-10(22)25-9-14-16(26-11(2)23)17(27-12(3)24)15(20-21-19)18(28-14)29-13-7-5-4-6-8-13/h4-8,14-18H,9H2,1-3H3/t14?,15?,16-,17?,18?/m1/s1. The number of hydrogen-bond donors (Lipinski definition) is 0. The van der Waals surface area contributed by atoms with Crippen molar-refractivity contribution >= 4 is 29.7 Å². The van der Waals surface area contributed by atoms with Crippen LogP contribution < -0.4 is 0 Å². The van der Waals surface area contributed by atoms with E-state index in [2.05, 4.69) is 10.0 Å². The van der Waals surface area contributed by atoms with Crippen LogP contribution in [0.2, 0.25) is 0 Å². The van der Waals surface area contributed by atoms with Gasteiger partial charge in [0.1, 0.15) is 24.2 Å². The largest absolute Gasteiger partial charge is 0.463 e. The molecule has 10 nitrogen and oxygen atoms in total. The minimum Gasteiger partial charge on any atom is -0.463 e. The van der Waals surface area contributed by atoms with E-state index in [9.17, 15) is 14.4 Å². The highest BCUT2D eigenvalue weighted by Gasteiger charge is 2.50. The van der Waals surface area contributed by atoms with Crippen LogP contribution in [0, 0.1) is 0 Å². The highest BCUT2D eigenvalue weighted by molar-refractivity contribution is 7.99. The van der Waals surface area contributed by atoms with E-state index in [0.29, 0.717) is 0 Å². The molecular weight excluding hydrogens is 402 g/mol. The average Bonchev–Trinajstić information content (AvgIpc) is 2.65. The van der Waals surface area contributed by atoms with E-state index in [1.165, 1.54) is 32.5 Å². The average molecular weight is 423 g/mol. The molecule has 1 saturated heterocycles. The Morgan fingerprint density at radius 1 is 1.07 bits per heavy atom. The Bertz CT molecular complexity index is 785. The van der Waals surface area contributed by atoms with Gasteiger partial charge < -0.3 is 18.9 Å². The van der Waals surface area contributed by atoms with Crippen LogP contribution in [0.1, 0.15) is 20.8 Å². The van der Waals surface area contributed by atoms with E-state index in [1.807, 2.05) is 30.3 Å². The van der Waals surface area contributed by atoms with Crippen LogP contribution in [-0.4, -0.2) is 54.3 Å². The Balaban J connectivity index is 2.41. The predicted molar refractivity (Wildman–Crippen MR) is 102 cm³/mol. The van der Waals surface area contributed by atoms with Crippen molar-refractivity contribution in [3.63, 3.8) is 0 Å². The summed E-state index contributed by atoms with van der Waals surface area (Å²) in [6.07, 6.45) is -3.18. The Hall–Kier alpha value is -2.75. The minimum atomic E-state index is -1.13. The molecule has 4 unspecified atom stereocenters. The van der Waals surface area contributed by atoms with Gasteiger partial charge in [0.25, 0.3) is 0 Å². The molecule has 156 valence electrons. The van der Waals surface area contributed by atoms with Crippen LogP contribution in [0.5, 0.6) is 0 Å². The van der Waals surface area contributed by atoms with E-state index >= 15 is 0 Å². The lowest BCUT2D eigenvalue weighted by Gasteiger charge is -2.43. The third kappa shape index (κ3) is 6.67. The van der Waals surface area contributed by atoms with E-state index in [4.69, 9.17) is 24.5 Å². The molecule has 1 aromatic carbocycles. The second-order valence-corrected chi connectivity index (χ2v) is 7.29. The summed E-state index contributed by atoms with van der Waals surface area (Å²) in [5, 5.41) is 3.74. The molecule has 11 heteroatoms. The molecule has 0 spiro atoms. The molecule has 0 aliphatic carbocycles. The van der Waals surface area contributed by atoms with Crippen molar-refractivity contribution in [3.05, 3.63) is 40.8 Å². The second-order valence-electron chi connectivity index (χ2n) is 6.12. The molecule has 1 aliphatic heterocycles. The van der Waals surface area contributed by atoms with Gasteiger partial charge in [0.2, 0.25) is 0 Å². The molecule has 1 aliphatic rings. The quantitative estimate of drug-likeness (QED) is 0.214. The highest BCUT2D eigenvalue weighted by atomic mass is 32.2. The number of azide groups is 1. The highest BCUT2D eigenvalue weighted by Crippen LogP contribution is 2.37. The summed E-state index contributed by atoms with van der Waals surface area (Å²) >= 11 is 1.24. The topological polar surface area (TPSA) is 137 Å². The first-order chi connectivity index (χ1) is 13.8. The zero-order valence-corrected chi connectivity index (χ0v) is 16.9. The van der Waals surface area contributed by atoms with E-state index in [1.54, 1.807) is 0 Å². The Kier molecular flexibility index (Phi) is 8.32. The van der Waals surface area contributed by atoms with Gasteiger partial charge in [-0.05, 0) is 17.7 Å². The smallest absolute Gasteiger partial charge is 0.303 e. The van der Waals surface area contributed by atoms with Crippen molar-refractivity contribution in [2.75, 3.05) is 6.61 Å². The maximum absolute atomic E-state index is 11.7. The Morgan fingerprint density at radius 2 is 1.69 bits per heavy atom. The zero-order valence-electron chi connectivity index (χ0n) is 16.1. The van der Waals surface area contributed by atoms with Crippen LogP contribution in [-0.2, 0) is 33.3 Å². The summed E-state index contributed by atoms with van der Waals surface area (Å²) in [5.74, 6) is -1.86. The molecule has 0 bridgehead atoms. The van der Waals surface area contributed by atoms with Crippen molar-refractivity contribution in [1.82, 2.24) is 0 Å². The maximum atomic E-state index is 11.7. The predicted octanol–water partition coefficient (Wildman–Crippen LogP) is 2.61. The van der Waals surface area contributed by atoms with Gasteiger partial charge in [0.15, 0.2) is 12.2 Å². The Morgan fingerprint density at radius 3 is 2.24 bits per heavy atom. The van der Waals surface area contributed by atoms with Crippen LogP contribution in [0.3, 0.4) is 0 Å². The van der Waals surface area contributed by atoms with Gasteiger partial charge in [-0.15, -0.1) is 0 Å². The third-order valence-electron chi connectivity index (χ3n) is 3.85. The molecule has 2 rings (SSSR count). The monoisotopic (exact) mass is 423 g/mol. The fourth-order valence-electron chi connectivity index (χ4n) is 2.80. The number of hydrogen-bond acceptors (Lipinski definition) is 9. The summed E-state index contributed by atoms with van der Waals surface area (Å²) in [6, 6.07) is 8.18. The maximum Gasteiger partial charge on any atom is 0.303 e. The van der Waals surface area contributed by atoms with E-state index in [-0.39, 0.29) is 6.61 Å². The fraction of sp³-hybridized carbons (Fsp3) is 0.500.